The summed E-state index contributed by atoms with van der Waals surface area (Å²) in [6.07, 6.45) is 0. The molecule has 22 heavy (non-hydrogen) atoms. The van der Waals surface area contributed by atoms with Gasteiger partial charge < -0.3 is 11.1 Å². The van der Waals surface area contributed by atoms with Gasteiger partial charge in [-0.1, -0.05) is 49.7 Å². The Morgan fingerprint density at radius 1 is 1.14 bits per heavy atom. The Labute approximate surface area is 135 Å². The molecule has 1 aromatic heterocycles. The van der Waals surface area contributed by atoms with Gasteiger partial charge in [-0.05, 0) is 36.1 Å². The normalized spacial score (nSPS) is 12.2. The van der Waals surface area contributed by atoms with Crippen LogP contribution in [0, 0.1) is 0 Å². The lowest BCUT2D eigenvalue weighted by molar-refractivity contribution is 0.0940. The summed E-state index contributed by atoms with van der Waals surface area (Å²) in [5.41, 5.74) is 8.34. The number of benzene rings is 1. The Kier molecular flexibility index (Phi) is 5.03. The van der Waals surface area contributed by atoms with Gasteiger partial charge in [0.1, 0.15) is 11.0 Å². The van der Waals surface area contributed by atoms with Crippen LogP contribution >= 0.6 is 11.6 Å². The quantitative estimate of drug-likeness (QED) is 0.839. The number of anilines is 1. The molecule has 0 aliphatic heterocycles. The molecule has 116 valence electrons. The molecular weight excluding hydrogens is 298 g/mol. The molecule has 1 unspecified atom stereocenters. The number of nitrogens with zero attached hydrogens (tertiary/aromatic N) is 1. The largest absolute Gasteiger partial charge is 0.384 e. The van der Waals surface area contributed by atoms with Crippen molar-refractivity contribution in [3.63, 3.8) is 0 Å². The first-order valence-electron chi connectivity index (χ1n) is 7.20. The fourth-order valence-electron chi connectivity index (χ4n) is 2.18. The maximum Gasteiger partial charge on any atom is 0.251 e. The minimum absolute atomic E-state index is 0.109. The molecule has 0 spiro atoms. The van der Waals surface area contributed by atoms with Crippen molar-refractivity contribution in [2.24, 2.45) is 0 Å². The predicted molar refractivity (Wildman–Crippen MR) is 90.1 cm³/mol. The van der Waals surface area contributed by atoms with Gasteiger partial charge in [-0.2, -0.15) is 0 Å². The monoisotopic (exact) mass is 317 g/mol. The highest BCUT2D eigenvalue weighted by Crippen LogP contribution is 2.19. The molecule has 2 rings (SSSR count). The summed E-state index contributed by atoms with van der Waals surface area (Å²) in [6, 6.07) is 11.1. The van der Waals surface area contributed by atoms with Gasteiger partial charge in [-0.3, -0.25) is 4.79 Å². The van der Waals surface area contributed by atoms with Gasteiger partial charge >= 0.3 is 0 Å². The summed E-state index contributed by atoms with van der Waals surface area (Å²) in [4.78, 5) is 16.1. The lowest BCUT2D eigenvalue weighted by Crippen LogP contribution is -2.26. The van der Waals surface area contributed by atoms with Crippen LogP contribution in [0.2, 0.25) is 5.15 Å². The van der Waals surface area contributed by atoms with Crippen LogP contribution in [-0.4, -0.2) is 10.9 Å². The molecule has 0 aliphatic carbocycles. The van der Waals surface area contributed by atoms with Crippen LogP contribution in [0.3, 0.4) is 0 Å². The average molecular weight is 318 g/mol. The lowest BCUT2D eigenvalue weighted by atomic mass is 9.99. The topological polar surface area (TPSA) is 68.0 Å². The van der Waals surface area contributed by atoms with Crippen LogP contribution in [-0.2, 0) is 0 Å². The standard InChI is InChI=1S/C17H20ClN3O/c1-10(2)12-4-6-13(7-5-12)11(3)20-17(22)14-8-15(18)21-16(19)9-14/h4-11H,1-3H3,(H2,19,21)(H,20,22). The Balaban J connectivity index is 2.10. The van der Waals surface area contributed by atoms with Crippen LogP contribution in [0.1, 0.15) is 54.2 Å². The van der Waals surface area contributed by atoms with Crippen LogP contribution in [0.4, 0.5) is 5.82 Å². The third-order valence-corrected chi connectivity index (χ3v) is 3.72. The second-order valence-corrected chi connectivity index (χ2v) is 6.01. The fourth-order valence-corrected chi connectivity index (χ4v) is 2.40. The highest BCUT2D eigenvalue weighted by Gasteiger charge is 2.13. The van der Waals surface area contributed by atoms with E-state index in [4.69, 9.17) is 17.3 Å². The van der Waals surface area contributed by atoms with E-state index in [1.54, 1.807) is 0 Å². The Morgan fingerprint density at radius 2 is 1.73 bits per heavy atom. The third-order valence-electron chi connectivity index (χ3n) is 3.53. The van der Waals surface area contributed by atoms with Crippen molar-refractivity contribution < 1.29 is 4.79 Å². The summed E-state index contributed by atoms with van der Waals surface area (Å²) < 4.78 is 0. The minimum atomic E-state index is -0.226. The van der Waals surface area contributed by atoms with E-state index in [0.29, 0.717) is 11.5 Å². The predicted octanol–water partition coefficient (Wildman–Crippen LogP) is 3.93. The Bertz CT molecular complexity index is 648. The van der Waals surface area contributed by atoms with E-state index in [-0.39, 0.29) is 22.9 Å². The Hall–Kier alpha value is -2.07. The molecule has 4 nitrogen and oxygen atoms in total. The van der Waals surface area contributed by atoms with Gasteiger partial charge in [0, 0.05) is 5.56 Å². The van der Waals surface area contributed by atoms with E-state index in [2.05, 4.69) is 36.3 Å². The molecular formula is C17H20ClN3O. The molecule has 3 N–H and O–H groups in total. The first-order chi connectivity index (χ1) is 10.4. The zero-order chi connectivity index (χ0) is 16.3. The third kappa shape index (κ3) is 3.98. The molecule has 5 heteroatoms. The van der Waals surface area contributed by atoms with Gasteiger partial charge in [0.2, 0.25) is 0 Å². The van der Waals surface area contributed by atoms with E-state index >= 15 is 0 Å². The van der Waals surface area contributed by atoms with E-state index < -0.39 is 0 Å². The molecule has 1 amide bonds. The van der Waals surface area contributed by atoms with Crippen molar-refractivity contribution in [3.05, 3.63) is 58.2 Å². The zero-order valence-electron chi connectivity index (χ0n) is 12.9. The van der Waals surface area contributed by atoms with Gasteiger partial charge in [-0.15, -0.1) is 0 Å². The van der Waals surface area contributed by atoms with Crippen molar-refractivity contribution in [2.45, 2.75) is 32.7 Å². The Morgan fingerprint density at radius 3 is 2.27 bits per heavy atom. The van der Waals surface area contributed by atoms with Crippen molar-refractivity contribution in [3.8, 4) is 0 Å². The number of nitrogens with one attached hydrogen (secondary N) is 1. The molecule has 0 bridgehead atoms. The summed E-state index contributed by atoms with van der Waals surface area (Å²) in [6.45, 7) is 6.24. The highest BCUT2D eigenvalue weighted by atomic mass is 35.5. The lowest BCUT2D eigenvalue weighted by Gasteiger charge is -2.16. The number of aromatic nitrogens is 1. The number of rotatable bonds is 4. The summed E-state index contributed by atoms with van der Waals surface area (Å²) in [5, 5.41) is 3.14. The van der Waals surface area contributed by atoms with Crippen molar-refractivity contribution >= 4 is 23.3 Å². The summed E-state index contributed by atoms with van der Waals surface area (Å²) in [7, 11) is 0. The van der Waals surface area contributed by atoms with E-state index in [1.807, 2.05) is 19.1 Å². The summed E-state index contributed by atoms with van der Waals surface area (Å²) in [5.74, 6) is 0.490. The van der Waals surface area contributed by atoms with Crippen molar-refractivity contribution in [1.82, 2.24) is 10.3 Å². The fraction of sp³-hybridized carbons (Fsp3) is 0.294. The van der Waals surface area contributed by atoms with Gasteiger partial charge in [-0.25, -0.2) is 4.98 Å². The van der Waals surface area contributed by atoms with Gasteiger partial charge in [0.15, 0.2) is 0 Å². The van der Waals surface area contributed by atoms with E-state index in [1.165, 1.54) is 17.7 Å². The van der Waals surface area contributed by atoms with Crippen LogP contribution in [0.25, 0.3) is 0 Å². The van der Waals surface area contributed by atoms with E-state index in [0.717, 1.165) is 5.56 Å². The van der Waals surface area contributed by atoms with Crippen LogP contribution in [0.15, 0.2) is 36.4 Å². The van der Waals surface area contributed by atoms with Crippen molar-refractivity contribution in [1.29, 1.82) is 0 Å². The van der Waals surface area contributed by atoms with Gasteiger partial charge in [0.05, 0.1) is 6.04 Å². The number of nitrogens with two attached hydrogens (primary N) is 1. The summed E-state index contributed by atoms with van der Waals surface area (Å²) >= 11 is 5.82. The highest BCUT2D eigenvalue weighted by molar-refractivity contribution is 6.29. The molecule has 1 heterocycles. The number of carbonyl (C=O) groups is 1. The molecule has 0 fully saturated rings. The second-order valence-electron chi connectivity index (χ2n) is 5.62. The number of pyridine rings is 1. The SMILES string of the molecule is CC(C)c1ccc(C(C)NC(=O)c2cc(N)nc(Cl)c2)cc1. The zero-order valence-corrected chi connectivity index (χ0v) is 13.7. The molecule has 0 aliphatic rings. The van der Waals surface area contributed by atoms with Gasteiger partial charge in [0.25, 0.3) is 5.91 Å². The number of nitrogen functional groups attached to an aromatic ring is 1. The molecule has 1 atom stereocenters. The first-order valence-corrected chi connectivity index (χ1v) is 7.58. The number of hydrogen-bond acceptors (Lipinski definition) is 3. The molecule has 0 saturated carbocycles. The number of halogens is 1. The number of carbonyl (C=O) groups excluding carboxylic acids is 1. The van der Waals surface area contributed by atoms with Crippen LogP contribution < -0.4 is 11.1 Å². The number of hydrogen-bond donors (Lipinski definition) is 2. The molecule has 1 aromatic carbocycles. The molecule has 0 saturated heterocycles. The minimum Gasteiger partial charge on any atom is -0.384 e. The van der Waals surface area contributed by atoms with Crippen molar-refractivity contribution in [2.75, 3.05) is 5.73 Å². The van der Waals surface area contributed by atoms with E-state index in [9.17, 15) is 4.79 Å². The maximum absolute atomic E-state index is 12.3. The average Bonchev–Trinajstić information content (AvgIpc) is 2.46. The first kappa shape index (κ1) is 16.3. The molecule has 0 radical (unpaired) electrons. The molecule has 2 aromatic rings. The smallest absolute Gasteiger partial charge is 0.251 e. The maximum atomic E-state index is 12.3. The number of amides is 1. The van der Waals surface area contributed by atoms with Crippen LogP contribution in [0.5, 0.6) is 0 Å². The second kappa shape index (κ2) is 6.79.